The van der Waals surface area contributed by atoms with E-state index in [1.807, 2.05) is 0 Å². The summed E-state index contributed by atoms with van der Waals surface area (Å²) < 4.78 is 5.08. The molecule has 0 bridgehead atoms. The molecule has 0 aliphatic heterocycles. The number of aliphatic hydroxyl groups excluding tert-OH is 1. The summed E-state index contributed by atoms with van der Waals surface area (Å²) in [5, 5.41) is 11.1. The molecule has 0 radical (unpaired) electrons. The topological polar surface area (TPSA) is 29.5 Å². The van der Waals surface area contributed by atoms with Gasteiger partial charge in [-0.2, -0.15) is 0 Å². The zero-order valence-corrected chi connectivity index (χ0v) is 12.4. The van der Waals surface area contributed by atoms with E-state index in [2.05, 4.69) is 6.92 Å². The van der Waals surface area contributed by atoms with E-state index in [1.165, 1.54) is 12.8 Å². The van der Waals surface area contributed by atoms with E-state index in [-0.39, 0.29) is 0 Å². The fourth-order valence-corrected chi connectivity index (χ4v) is 2.40. The summed E-state index contributed by atoms with van der Waals surface area (Å²) in [6.07, 6.45) is 4.67. The lowest BCUT2D eigenvalue weighted by Gasteiger charge is -2.14. The molecule has 0 heterocycles. The van der Waals surface area contributed by atoms with Crippen molar-refractivity contribution in [1.29, 1.82) is 0 Å². The maximum Gasteiger partial charge on any atom is 0.138 e. The van der Waals surface area contributed by atoms with Crippen LogP contribution in [0.4, 0.5) is 0 Å². The maximum atomic E-state index is 10.1. The highest BCUT2D eigenvalue weighted by molar-refractivity contribution is 6.34. The van der Waals surface area contributed by atoms with Gasteiger partial charge in [0.2, 0.25) is 0 Å². The van der Waals surface area contributed by atoms with E-state index in [9.17, 15) is 5.11 Å². The highest BCUT2D eigenvalue weighted by atomic mass is 35.5. The highest BCUT2D eigenvalue weighted by Gasteiger charge is 2.14. The molecule has 1 atom stereocenters. The molecule has 18 heavy (non-hydrogen) atoms. The number of methoxy groups -OCH3 is 1. The first-order valence-electron chi connectivity index (χ1n) is 6.31. The molecule has 2 nitrogen and oxygen atoms in total. The minimum absolute atomic E-state index is 0.476. The maximum absolute atomic E-state index is 10.1. The summed E-state index contributed by atoms with van der Waals surface area (Å²) in [6, 6.07) is 3.34. The number of hydrogen-bond acceptors (Lipinski definition) is 2. The van der Waals surface area contributed by atoms with Gasteiger partial charge in [-0.3, -0.25) is 0 Å². The van der Waals surface area contributed by atoms with Crippen molar-refractivity contribution in [3.8, 4) is 5.75 Å². The van der Waals surface area contributed by atoms with Crippen molar-refractivity contribution in [2.24, 2.45) is 0 Å². The number of rotatable bonds is 7. The second-order valence-corrected chi connectivity index (χ2v) is 5.19. The molecule has 1 rings (SSSR count). The Kier molecular flexibility index (Phi) is 6.83. The second-order valence-electron chi connectivity index (χ2n) is 4.37. The lowest BCUT2D eigenvalue weighted by Crippen LogP contribution is -1.99. The molecule has 0 fully saturated rings. The summed E-state index contributed by atoms with van der Waals surface area (Å²) in [5.41, 5.74) is 0.680. The molecule has 1 aromatic rings. The summed E-state index contributed by atoms with van der Waals surface area (Å²) in [5.74, 6) is 0.531. The van der Waals surface area contributed by atoms with Gasteiger partial charge in [0.1, 0.15) is 5.75 Å². The molecule has 1 N–H and O–H groups in total. The normalized spacial score (nSPS) is 12.5. The van der Waals surface area contributed by atoms with Gasteiger partial charge in [-0.05, 0) is 12.5 Å². The first-order chi connectivity index (χ1) is 8.60. The van der Waals surface area contributed by atoms with Crippen molar-refractivity contribution in [1.82, 2.24) is 0 Å². The minimum Gasteiger partial charge on any atom is -0.495 e. The zero-order valence-electron chi connectivity index (χ0n) is 10.9. The van der Waals surface area contributed by atoms with Crippen LogP contribution in [0.5, 0.6) is 5.75 Å². The predicted molar refractivity (Wildman–Crippen MR) is 76.7 cm³/mol. The van der Waals surface area contributed by atoms with E-state index in [1.54, 1.807) is 19.2 Å². The average Bonchev–Trinajstić information content (AvgIpc) is 2.36. The smallest absolute Gasteiger partial charge is 0.138 e. The van der Waals surface area contributed by atoms with Gasteiger partial charge in [0.15, 0.2) is 0 Å². The summed E-state index contributed by atoms with van der Waals surface area (Å²) >= 11 is 12.2. The molecule has 102 valence electrons. The van der Waals surface area contributed by atoms with Gasteiger partial charge < -0.3 is 9.84 Å². The Hall–Kier alpha value is -0.440. The van der Waals surface area contributed by atoms with Gasteiger partial charge in [-0.1, -0.05) is 55.8 Å². The minimum atomic E-state index is -0.558. The largest absolute Gasteiger partial charge is 0.495 e. The van der Waals surface area contributed by atoms with Crippen LogP contribution in [0.15, 0.2) is 12.1 Å². The first-order valence-corrected chi connectivity index (χ1v) is 7.06. The summed E-state index contributed by atoms with van der Waals surface area (Å²) in [7, 11) is 1.54. The van der Waals surface area contributed by atoms with Crippen LogP contribution in [0.1, 0.15) is 50.7 Å². The molecular formula is C14H20Cl2O2. The fraction of sp³-hybridized carbons (Fsp3) is 0.571. The summed E-state index contributed by atoms with van der Waals surface area (Å²) in [6.45, 7) is 2.16. The van der Waals surface area contributed by atoms with Gasteiger partial charge in [-0.15, -0.1) is 0 Å². The third-order valence-electron chi connectivity index (χ3n) is 2.96. The highest BCUT2D eigenvalue weighted by Crippen LogP contribution is 2.35. The van der Waals surface area contributed by atoms with E-state index in [0.29, 0.717) is 27.8 Å². The van der Waals surface area contributed by atoms with Crippen LogP contribution in [0.2, 0.25) is 10.0 Å². The van der Waals surface area contributed by atoms with Crippen LogP contribution in [0.3, 0.4) is 0 Å². The van der Waals surface area contributed by atoms with Crippen molar-refractivity contribution in [2.75, 3.05) is 7.11 Å². The number of aliphatic hydroxyl groups is 1. The van der Waals surface area contributed by atoms with Gasteiger partial charge in [0, 0.05) is 11.6 Å². The average molecular weight is 291 g/mol. The monoisotopic (exact) mass is 290 g/mol. The van der Waals surface area contributed by atoms with Crippen LogP contribution >= 0.6 is 23.2 Å². The van der Waals surface area contributed by atoms with Gasteiger partial charge in [0.05, 0.1) is 23.3 Å². The molecule has 0 saturated carbocycles. The molecular weight excluding hydrogens is 271 g/mol. The first kappa shape index (κ1) is 15.6. The Morgan fingerprint density at radius 2 is 1.89 bits per heavy atom. The van der Waals surface area contributed by atoms with Crippen molar-refractivity contribution in [2.45, 2.75) is 45.1 Å². The van der Waals surface area contributed by atoms with E-state index >= 15 is 0 Å². The number of halogens is 2. The Labute approximate surface area is 119 Å². The molecule has 0 amide bonds. The third-order valence-corrected chi connectivity index (χ3v) is 3.58. The van der Waals surface area contributed by atoms with Crippen molar-refractivity contribution >= 4 is 23.2 Å². The van der Waals surface area contributed by atoms with Crippen LogP contribution in [0, 0.1) is 0 Å². The van der Waals surface area contributed by atoms with Crippen LogP contribution in [-0.2, 0) is 0 Å². The molecule has 0 aliphatic carbocycles. The second kappa shape index (κ2) is 7.88. The number of hydrogen-bond donors (Lipinski definition) is 1. The van der Waals surface area contributed by atoms with Crippen LogP contribution in [-0.4, -0.2) is 12.2 Å². The molecule has 1 aromatic carbocycles. The standard InChI is InChI=1S/C14H20Cl2O2/c1-3-4-5-6-7-13(17)10-8-12(16)14(18-2)9-11(10)15/h8-9,13,17H,3-7H2,1-2H3. The predicted octanol–water partition coefficient (Wildman–Crippen LogP) is 5.01. The Morgan fingerprint density at radius 1 is 1.17 bits per heavy atom. The Morgan fingerprint density at radius 3 is 2.50 bits per heavy atom. The Balaban J connectivity index is 2.67. The number of unbranched alkanes of at least 4 members (excludes halogenated alkanes) is 3. The van der Waals surface area contributed by atoms with Gasteiger partial charge in [-0.25, -0.2) is 0 Å². The molecule has 0 spiro atoms. The molecule has 0 saturated heterocycles. The Bertz CT molecular complexity index is 380. The quantitative estimate of drug-likeness (QED) is 0.716. The number of benzene rings is 1. The third kappa shape index (κ3) is 4.34. The van der Waals surface area contributed by atoms with E-state index in [0.717, 1.165) is 12.8 Å². The SMILES string of the molecule is CCCCCCC(O)c1cc(Cl)c(OC)cc1Cl. The van der Waals surface area contributed by atoms with Crippen molar-refractivity contribution in [3.05, 3.63) is 27.7 Å². The number of ether oxygens (including phenoxy) is 1. The van der Waals surface area contributed by atoms with Gasteiger partial charge in [0.25, 0.3) is 0 Å². The summed E-state index contributed by atoms with van der Waals surface area (Å²) in [4.78, 5) is 0. The van der Waals surface area contributed by atoms with Gasteiger partial charge >= 0.3 is 0 Å². The molecule has 0 aliphatic rings. The van der Waals surface area contributed by atoms with E-state index in [4.69, 9.17) is 27.9 Å². The lowest BCUT2D eigenvalue weighted by atomic mass is 10.0. The fourth-order valence-electron chi connectivity index (χ4n) is 1.88. The molecule has 4 heteroatoms. The molecule has 1 unspecified atom stereocenters. The zero-order chi connectivity index (χ0) is 13.5. The van der Waals surface area contributed by atoms with Crippen LogP contribution < -0.4 is 4.74 Å². The lowest BCUT2D eigenvalue weighted by molar-refractivity contribution is 0.163. The van der Waals surface area contributed by atoms with Crippen molar-refractivity contribution in [3.63, 3.8) is 0 Å². The van der Waals surface area contributed by atoms with Crippen molar-refractivity contribution < 1.29 is 9.84 Å². The van der Waals surface area contributed by atoms with E-state index < -0.39 is 6.10 Å². The molecule has 0 aromatic heterocycles. The van der Waals surface area contributed by atoms with Crippen LogP contribution in [0.25, 0.3) is 0 Å².